The van der Waals surface area contributed by atoms with Gasteiger partial charge in [-0.25, -0.2) is 4.98 Å². The Morgan fingerprint density at radius 2 is 1.32 bits per heavy atom. The fourth-order valence-electron chi connectivity index (χ4n) is 3.20. The summed E-state index contributed by atoms with van der Waals surface area (Å²) in [6, 6.07) is 28.2. The first-order valence-corrected chi connectivity index (χ1v) is 8.51. The lowest BCUT2D eigenvalue weighted by molar-refractivity contribution is 0.677. The highest BCUT2D eigenvalue weighted by atomic mass is 15.0. The van der Waals surface area contributed by atoms with Gasteiger partial charge in [-0.2, -0.15) is 0 Å². The van der Waals surface area contributed by atoms with Crippen molar-refractivity contribution in [3.63, 3.8) is 0 Å². The van der Waals surface area contributed by atoms with Crippen LogP contribution >= 0.6 is 0 Å². The van der Waals surface area contributed by atoms with Crippen LogP contribution in [0.3, 0.4) is 0 Å². The summed E-state index contributed by atoms with van der Waals surface area (Å²) < 4.78 is 2.15. The minimum Gasteiger partial charge on any atom is -0.326 e. The Hall–Kier alpha value is -3.13. The second-order valence-corrected chi connectivity index (χ2v) is 6.31. The molecule has 0 radical (unpaired) electrons. The fourth-order valence-corrected chi connectivity index (χ4v) is 3.20. The summed E-state index contributed by atoms with van der Waals surface area (Å²) >= 11 is 0. The lowest BCUT2D eigenvalue weighted by atomic mass is 9.96. The topological polar surface area (TPSA) is 17.8 Å². The van der Waals surface area contributed by atoms with Crippen molar-refractivity contribution in [3.8, 4) is 11.1 Å². The van der Waals surface area contributed by atoms with E-state index in [1.54, 1.807) is 0 Å². The monoisotopic (exact) mass is 324 g/mol. The van der Waals surface area contributed by atoms with E-state index in [0.29, 0.717) is 0 Å². The highest BCUT2D eigenvalue weighted by Crippen LogP contribution is 2.28. The van der Waals surface area contributed by atoms with Crippen LogP contribution in [-0.4, -0.2) is 9.55 Å². The van der Waals surface area contributed by atoms with E-state index in [1.165, 1.54) is 27.8 Å². The van der Waals surface area contributed by atoms with Gasteiger partial charge in [0.1, 0.15) is 0 Å². The number of hydrogen-bond acceptors (Lipinski definition) is 1. The third-order valence-corrected chi connectivity index (χ3v) is 4.55. The van der Waals surface area contributed by atoms with Gasteiger partial charge in [-0.05, 0) is 29.2 Å². The first-order valence-electron chi connectivity index (χ1n) is 8.51. The van der Waals surface area contributed by atoms with Crippen molar-refractivity contribution in [2.45, 2.75) is 13.0 Å². The van der Waals surface area contributed by atoms with Gasteiger partial charge in [0.15, 0.2) is 0 Å². The van der Waals surface area contributed by atoms with Crippen molar-refractivity contribution in [1.29, 1.82) is 0 Å². The van der Waals surface area contributed by atoms with Crippen molar-refractivity contribution < 1.29 is 0 Å². The van der Waals surface area contributed by atoms with Crippen LogP contribution in [0.2, 0.25) is 0 Å². The molecule has 1 aromatic heterocycles. The van der Waals surface area contributed by atoms with E-state index in [-0.39, 0.29) is 6.04 Å². The van der Waals surface area contributed by atoms with Gasteiger partial charge in [-0.15, -0.1) is 0 Å². The molecule has 2 nitrogen and oxygen atoms in total. The van der Waals surface area contributed by atoms with Gasteiger partial charge in [0.2, 0.25) is 0 Å². The van der Waals surface area contributed by atoms with E-state index < -0.39 is 0 Å². The minimum atomic E-state index is 0.135. The van der Waals surface area contributed by atoms with Gasteiger partial charge in [0.05, 0.1) is 12.4 Å². The SMILES string of the molecule is Cc1ccc(-c2ccc(C(c3ccccc3)n3ccnc3)cc2)cc1. The number of imidazole rings is 1. The van der Waals surface area contributed by atoms with Crippen LogP contribution < -0.4 is 0 Å². The van der Waals surface area contributed by atoms with Gasteiger partial charge in [-0.1, -0.05) is 84.4 Å². The summed E-state index contributed by atoms with van der Waals surface area (Å²) in [7, 11) is 0. The third kappa shape index (κ3) is 3.24. The Balaban J connectivity index is 1.72. The average Bonchev–Trinajstić information content (AvgIpc) is 3.18. The quantitative estimate of drug-likeness (QED) is 0.485. The van der Waals surface area contributed by atoms with Crippen LogP contribution in [0, 0.1) is 6.92 Å². The molecule has 0 aliphatic heterocycles. The Morgan fingerprint density at radius 1 is 0.720 bits per heavy atom. The molecule has 3 aromatic carbocycles. The van der Waals surface area contributed by atoms with Crippen LogP contribution in [0.5, 0.6) is 0 Å². The Bertz CT molecular complexity index is 922. The maximum Gasteiger partial charge on any atom is 0.0954 e. The first kappa shape index (κ1) is 15.4. The molecule has 4 aromatic rings. The zero-order valence-corrected chi connectivity index (χ0v) is 14.2. The van der Waals surface area contributed by atoms with Crippen molar-refractivity contribution >= 4 is 0 Å². The molecular weight excluding hydrogens is 304 g/mol. The molecule has 1 atom stereocenters. The van der Waals surface area contributed by atoms with E-state index in [2.05, 4.69) is 95.3 Å². The summed E-state index contributed by atoms with van der Waals surface area (Å²) in [5, 5.41) is 0. The Morgan fingerprint density at radius 3 is 1.92 bits per heavy atom. The predicted molar refractivity (Wildman–Crippen MR) is 103 cm³/mol. The molecule has 1 unspecified atom stereocenters. The van der Waals surface area contributed by atoms with Gasteiger partial charge in [-0.3, -0.25) is 0 Å². The average molecular weight is 324 g/mol. The predicted octanol–water partition coefficient (Wildman–Crippen LogP) is 5.50. The third-order valence-electron chi connectivity index (χ3n) is 4.55. The lowest BCUT2D eigenvalue weighted by Crippen LogP contribution is -2.10. The van der Waals surface area contributed by atoms with Crippen molar-refractivity contribution in [3.05, 3.63) is 114 Å². The van der Waals surface area contributed by atoms with Gasteiger partial charge < -0.3 is 4.57 Å². The number of aryl methyl sites for hydroxylation is 1. The maximum atomic E-state index is 4.23. The number of aromatic nitrogens is 2. The molecule has 0 amide bonds. The zero-order valence-electron chi connectivity index (χ0n) is 14.2. The smallest absolute Gasteiger partial charge is 0.0954 e. The second kappa shape index (κ2) is 6.78. The van der Waals surface area contributed by atoms with Gasteiger partial charge in [0.25, 0.3) is 0 Å². The van der Waals surface area contributed by atoms with Crippen LogP contribution in [0.15, 0.2) is 97.6 Å². The summed E-state index contributed by atoms with van der Waals surface area (Å²) in [5.41, 5.74) is 6.27. The van der Waals surface area contributed by atoms with Crippen LogP contribution in [-0.2, 0) is 0 Å². The van der Waals surface area contributed by atoms with Crippen LogP contribution in [0.4, 0.5) is 0 Å². The normalized spacial score (nSPS) is 12.0. The van der Waals surface area contributed by atoms with Crippen molar-refractivity contribution in [2.24, 2.45) is 0 Å². The number of hydrogen-bond donors (Lipinski definition) is 0. The Labute approximate surface area is 148 Å². The molecule has 4 rings (SSSR count). The summed E-state index contributed by atoms with van der Waals surface area (Å²) in [5.74, 6) is 0. The summed E-state index contributed by atoms with van der Waals surface area (Å²) in [4.78, 5) is 4.23. The van der Waals surface area contributed by atoms with E-state index >= 15 is 0 Å². The van der Waals surface area contributed by atoms with E-state index in [4.69, 9.17) is 0 Å². The molecular formula is C23H20N2. The Kier molecular flexibility index (Phi) is 4.17. The molecule has 0 aliphatic carbocycles. The molecule has 0 bridgehead atoms. The number of rotatable bonds is 4. The standard InChI is InChI=1S/C23H20N2/c1-18-7-9-19(10-8-18)20-11-13-22(14-12-20)23(25-16-15-24-17-25)21-5-3-2-4-6-21/h2-17,23H,1H3. The number of benzene rings is 3. The number of nitrogens with zero attached hydrogens (tertiary/aromatic N) is 2. The molecule has 25 heavy (non-hydrogen) atoms. The molecule has 0 saturated carbocycles. The van der Waals surface area contributed by atoms with Crippen molar-refractivity contribution in [1.82, 2.24) is 9.55 Å². The largest absolute Gasteiger partial charge is 0.326 e. The molecule has 0 spiro atoms. The minimum absolute atomic E-state index is 0.135. The van der Waals surface area contributed by atoms with Crippen LogP contribution in [0.1, 0.15) is 22.7 Å². The summed E-state index contributed by atoms with van der Waals surface area (Å²) in [6.45, 7) is 2.11. The van der Waals surface area contributed by atoms with E-state index in [0.717, 1.165) is 0 Å². The zero-order chi connectivity index (χ0) is 17.1. The van der Waals surface area contributed by atoms with Gasteiger partial charge >= 0.3 is 0 Å². The second-order valence-electron chi connectivity index (χ2n) is 6.31. The highest BCUT2D eigenvalue weighted by Gasteiger charge is 2.15. The van der Waals surface area contributed by atoms with Gasteiger partial charge in [0, 0.05) is 12.4 Å². The lowest BCUT2D eigenvalue weighted by Gasteiger charge is -2.20. The highest BCUT2D eigenvalue weighted by molar-refractivity contribution is 5.64. The fraction of sp³-hybridized carbons (Fsp3) is 0.0870. The molecule has 0 N–H and O–H groups in total. The molecule has 122 valence electrons. The maximum absolute atomic E-state index is 4.23. The molecule has 0 fully saturated rings. The first-order chi connectivity index (χ1) is 12.3. The van der Waals surface area contributed by atoms with E-state index in [9.17, 15) is 0 Å². The van der Waals surface area contributed by atoms with Crippen molar-refractivity contribution in [2.75, 3.05) is 0 Å². The molecule has 0 saturated heterocycles. The van der Waals surface area contributed by atoms with E-state index in [1.807, 2.05) is 18.7 Å². The summed E-state index contributed by atoms with van der Waals surface area (Å²) in [6.07, 6.45) is 5.73. The van der Waals surface area contributed by atoms with Crippen LogP contribution in [0.25, 0.3) is 11.1 Å². The molecule has 2 heteroatoms. The molecule has 0 aliphatic rings. The molecule has 1 heterocycles.